The third-order valence-corrected chi connectivity index (χ3v) is 11.0. The van der Waals surface area contributed by atoms with E-state index >= 15 is 0 Å². The number of hydrogen-bond donors (Lipinski definition) is 0. The van der Waals surface area contributed by atoms with Crippen molar-refractivity contribution in [2.75, 3.05) is 0 Å². The van der Waals surface area contributed by atoms with Crippen LogP contribution in [0.2, 0.25) is 0 Å². The van der Waals surface area contributed by atoms with Crippen LogP contribution in [0.1, 0.15) is 91.9 Å². The van der Waals surface area contributed by atoms with Gasteiger partial charge in [0.1, 0.15) is 0 Å². The zero-order chi connectivity index (χ0) is 20.6. The lowest BCUT2D eigenvalue weighted by molar-refractivity contribution is -0.0916. The molecule has 0 aromatic carbocycles. The maximum atomic E-state index is 7.07. The van der Waals surface area contributed by atoms with Gasteiger partial charge in [-0.15, -0.1) is 0 Å². The van der Waals surface area contributed by atoms with Gasteiger partial charge in [0, 0.05) is 0 Å². The van der Waals surface area contributed by atoms with Crippen LogP contribution >= 0.6 is 0 Å². The van der Waals surface area contributed by atoms with Crippen LogP contribution in [-0.2, 0) is 9.47 Å². The van der Waals surface area contributed by atoms with Crippen LogP contribution in [0.25, 0.3) is 0 Å². The molecule has 2 nitrogen and oxygen atoms in total. The molecule has 0 aromatic heterocycles. The molecule has 0 spiro atoms. The Kier molecular flexibility index (Phi) is 5.30. The molecule has 11 unspecified atom stereocenters. The normalized spacial score (nSPS) is 52.0. The highest BCUT2D eigenvalue weighted by molar-refractivity contribution is 5.07. The Morgan fingerprint density at radius 3 is 2.13 bits per heavy atom. The quantitative estimate of drug-likeness (QED) is 0.460. The van der Waals surface area contributed by atoms with E-state index in [0.717, 1.165) is 53.3 Å². The van der Waals surface area contributed by atoms with Crippen LogP contribution in [0.15, 0.2) is 0 Å². The van der Waals surface area contributed by atoms with Crippen LogP contribution < -0.4 is 0 Å². The maximum Gasteiger partial charge on any atom is 0.0612 e. The van der Waals surface area contributed by atoms with E-state index in [1.165, 1.54) is 64.2 Å². The molecule has 6 rings (SSSR count). The van der Waals surface area contributed by atoms with Crippen LogP contribution in [0.3, 0.4) is 0 Å². The number of fused-ring (bicyclic) bond motifs is 10. The molecule has 6 fully saturated rings. The molecule has 4 bridgehead atoms. The fourth-order valence-corrected chi connectivity index (χ4v) is 10.1. The van der Waals surface area contributed by atoms with Gasteiger partial charge in [-0.2, -0.15) is 0 Å². The van der Waals surface area contributed by atoms with Crippen LogP contribution in [0, 0.1) is 59.2 Å². The topological polar surface area (TPSA) is 18.5 Å². The molecule has 0 saturated heterocycles. The minimum atomic E-state index is 0.386. The van der Waals surface area contributed by atoms with Gasteiger partial charge in [0.25, 0.3) is 0 Å². The Balaban J connectivity index is 1.12. The van der Waals surface area contributed by atoms with Gasteiger partial charge in [-0.1, -0.05) is 20.3 Å². The fraction of sp³-hybridized carbons (Fsp3) is 1.00. The van der Waals surface area contributed by atoms with Gasteiger partial charge in [0.2, 0.25) is 0 Å². The van der Waals surface area contributed by atoms with Crippen molar-refractivity contribution in [1.29, 1.82) is 0 Å². The summed E-state index contributed by atoms with van der Waals surface area (Å²) in [6.45, 7) is 9.30. The summed E-state index contributed by atoms with van der Waals surface area (Å²) < 4.78 is 13.5. The second-order valence-electron chi connectivity index (χ2n) is 13.0. The van der Waals surface area contributed by atoms with Crippen molar-refractivity contribution in [3.63, 3.8) is 0 Å². The van der Waals surface area contributed by atoms with E-state index in [-0.39, 0.29) is 0 Å². The van der Waals surface area contributed by atoms with Crippen molar-refractivity contribution in [3.8, 4) is 0 Å². The van der Waals surface area contributed by atoms with Gasteiger partial charge in [-0.25, -0.2) is 0 Å². The summed E-state index contributed by atoms with van der Waals surface area (Å²) in [5, 5.41) is 0. The molecule has 2 heteroatoms. The number of hydrogen-bond acceptors (Lipinski definition) is 2. The van der Waals surface area contributed by atoms with E-state index in [4.69, 9.17) is 9.47 Å². The van der Waals surface area contributed by atoms with Crippen molar-refractivity contribution in [3.05, 3.63) is 0 Å². The van der Waals surface area contributed by atoms with Gasteiger partial charge in [0.15, 0.2) is 0 Å². The summed E-state index contributed by atoms with van der Waals surface area (Å²) in [6, 6.07) is 0. The molecule has 170 valence electrons. The van der Waals surface area contributed by atoms with E-state index in [0.29, 0.717) is 30.3 Å². The molecule has 6 saturated carbocycles. The van der Waals surface area contributed by atoms with Crippen molar-refractivity contribution in [1.82, 2.24) is 0 Å². The third-order valence-electron chi connectivity index (χ3n) is 11.0. The average Bonchev–Trinajstić information content (AvgIpc) is 3.48. The first-order valence-corrected chi connectivity index (χ1v) is 13.8. The summed E-state index contributed by atoms with van der Waals surface area (Å²) in [5.41, 5.74) is 0. The minimum absolute atomic E-state index is 0.386. The molecule has 0 aromatic rings. The Bertz CT molecular complexity index is 628. The highest BCUT2D eigenvalue weighted by atomic mass is 16.5. The first-order chi connectivity index (χ1) is 14.5. The Morgan fingerprint density at radius 2 is 1.37 bits per heavy atom. The average molecular weight is 415 g/mol. The van der Waals surface area contributed by atoms with Crippen LogP contribution in [-0.4, -0.2) is 24.4 Å². The van der Waals surface area contributed by atoms with Gasteiger partial charge >= 0.3 is 0 Å². The molecule has 0 amide bonds. The predicted octanol–water partition coefficient (Wildman–Crippen LogP) is 6.72. The Labute approximate surface area is 185 Å². The van der Waals surface area contributed by atoms with Gasteiger partial charge < -0.3 is 9.47 Å². The number of ether oxygens (including phenoxy) is 2. The minimum Gasteiger partial charge on any atom is -0.375 e. The molecule has 0 N–H and O–H groups in total. The second kappa shape index (κ2) is 7.75. The molecule has 0 heterocycles. The van der Waals surface area contributed by atoms with Gasteiger partial charge in [-0.3, -0.25) is 0 Å². The smallest absolute Gasteiger partial charge is 0.0612 e. The predicted molar refractivity (Wildman–Crippen MR) is 121 cm³/mol. The summed E-state index contributed by atoms with van der Waals surface area (Å²) in [6.07, 6.45) is 16.5. The van der Waals surface area contributed by atoms with E-state index in [1.807, 2.05) is 0 Å². The van der Waals surface area contributed by atoms with Crippen LogP contribution in [0.4, 0.5) is 0 Å². The third kappa shape index (κ3) is 3.25. The zero-order valence-electron chi connectivity index (χ0n) is 20.0. The first kappa shape index (κ1) is 20.5. The Hall–Kier alpha value is -0.0800. The monoisotopic (exact) mass is 414 g/mol. The highest BCUT2D eigenvalue weighted by Gasteiger charge is 2.58. The number of rotatable bonds is 7. The summed E-state index contributed by atoms with van der Waals surface area (Å²) in [7, 11) is 0. The SMILES string of the molecule is CC(C)OC1CC2CC1C1C(C[C@@H](OC3CC4CC3C3CCCC43)C(C)C)CCC21. The van der Waals surface area contributed by atoms with E-state index in [1.54, 1.807) is 0 Å². The Morgan fingerprint density at radius 1 is 0.667 bits per heavy atom. The lowest BCUT2D eigenvalue weighted by Crippen LogP contribution is -2.38. The second-order valence-corrected chi connectivity index (χ2v) is 13.0. The van der Waals surface area contributed by atoms with Crippen LogP contribution in [0.5, 0.6) is 0 Å². The summed E-state index contributed by atoms with van der Waals surface area (Å²) in [5.74, 6) is 9.35. The van der Waals surface area contributed by atoms with Crippen molar-refractivity contribution >= 4 is 0 Å². The summed E-state index contributed by atoms with van der Waals surface area (Å²) >= 11 is 0. The van der Waals surface area contributed by atoms with Crippen molar-refractivity contribution in [2.24, 2.45) is 59.2 Å². The standard InChI is InChI=1S/C28H46O2/c1-15(2)25(30-26-13-18-10-23(26)22-7-5-6-20(18)22)12-17-8-9-21-19-11-24(28(17)21)27(14-19)29-16(3)4/h15-28H,5-14H2,1-4H3/t17?,18?,19?,20?,21?,22?,23?,24?,25-,26?,27?,28?/m1/s1. The molecular formula is C28H46O2. The van der Waals surface area contributed by atoms with Gasteiger partial charge in [-0.05, 0) is 131 Å². The van der Waals surface area contributed by atoms with E-state index in [9.17, 15) is 0 Å². The largest absolute Gasteiger partial charge is 0.375 e. The fourth-order valence-electron chi connectivity index (χ4n) is 10.1. The van der Waals surface area contributed by atoms with Crippen molar-refractivity contribution < 1.29 is 9.47 Å². The molecule has 0 aliphatic heterocycles. The maximum absolute atomic E-state index is 7.07. The molecule has 12 atom stereocenters. The van der Waals surface area contributed by atoms with E-state index in [2.05, 4.69) is 27.7 Å². The zero-order valence-corrected chi connectivity index (χ0v) is 20.0. The first-order valence-electron chi connectivity index (χ1n) is 13.8. The van der Waals surface area contributed by atoms with Gasteiger partial charge in [0.05, 0.1) is 24.4 Å². The molecular weight excluding hydrogens is 368 g/mol. The molecule has 0 radical (unpaired) electrons. The molecule has 30 heavy (non-hydrogen) atoms. The lowest BCUT2D eigenvalue weighted by atomic mass is 9.74. The highest BCUT2D eigenvalue weighted by Crippen LogP contribution is 2.63. The summed E-state index contributed by atoms with van der Waals surface area (Å²) in [4.78, 5) is 0. The lowest BCUT2D eigenvalue weighted by Gasteiger charge is -2.39. The molecule has 6 aliphatic rings. The van der Waals surface area contributed by atoms with E-state index < -0.39 is 0 Å². The van der Waals surface area contributed by atoms with Crippen molar-refractivity contribution in [2.45, 2.75) is 116 Å². The molecule has 6 aliphatic carbocycles.